The van der Waals surface area contributed by atoms with Crippen molar-refractivity contribution in [3.8, 4) is 0 Å². The number of amides is 1. The van der Waals surface area contributed by atoms with E-state index in [0.717, 1.165) is 22.1 Å². The fourth-order valence-corrected chi connectivity index (χ4v) is 4.72. The average molecular weight is 433 g/mol. The maximum atomic E-state index is 12.4. The number of thiophene rings is 1. The van der Waals surface area contributed by atoms with Gasteiger partial charge < -0.3 is 10.1 Å². The molecular weight excluding hydrogens is 412 g/mol. The molecule has 0 fully saturated rings. The molecule has 2 N–H and O–H groups in total. The molecule has 0 aliphatic heterocycles. The summed E-state index contributed by atoms with van der Waals surface area (Å²) in [6, 6.07) is 16.2. The van der Waals surface area contributed by atoms with Crippen LogP contribution in [0.15, 0.2) is 64.2 Å². The largest absolute Gasteiger partial charge is 0.452 e. The molecule has 1 amide bonds. The van der Waals surface area contributed by atoms with Crippen LogP contribution in [-0.4, -0.2) is 32.9 Å². The Morgan fingerprint density at radius 3 is 2.59 bits per heavy atom. The average Bonchev–Trinajstić information content (AvgIpc) is 3.24. The minimum Gasteiger partial charge on any atom is -0.452 e. The van der Waals surface area contributed by atoms with Crippen LogP contribution in [0.4, 0.5) is 5.69 Å². The molecule has 7 nitrogen and oxygen atoms in total. The molecular formula is C20H20N2O5S2. The van der Waals surface area contributed by atoms with Gasteiger partial charge in [0.25, 0.3) is 5.91 Å². The number of hydrogen-bond donors (Lipinski definition) is 2. The number of nitrogens with one attached hydrogen (secondary N) is 2. The topological polar surface area (TPSA) is 102 Å². The summed E-state index contributed by atoms with van der Waals surface area (Å²) in [7, 11) is -3.64. The van der Waals surface area contributed by atoms with Crippen molar-refractivity contribution in [1.82, 2.24) is 4.72 Å². The smallest absolute Gasteiger partial charge is 0.307 e. The van der Waals surface area contributed by atoms with Gasteiger partial charge in [0.15, 0.2) is 6.10 Å². The molecule has 3 rings (SSSR count). The first-order chi connectivity index (χ1) is 13.9. The summed E-state index contributed by atoms with van der Waals surface area (Å²) in [6.45, 7) is 1.35. The fraction of sp³-hybridized carbons (Fsp3) is 0.200. The van der Waals surface area contributed by atoms with E-state index in [-0.39, 0.29) is 17.2 Å². The second-order valence-electron chi connectivity index (χ2n) is 6.23. The minimum atomic E-state index is -3.64. The summed E-state index contributed by atoms with van der Waals surface area (Å²) < 4.78 is 31.6. The molecule has 0 saturated carbocycles. The number of anilines is 1. The van der Waals surface area contributed by atoms with Crippen molar-refractivity contribution in [3.63, 3.8) is 0 Å². The Bertz CT molecular complexity index is 1110. The summed E-state index contributed by atoms with van der Waals surface area (Å²) in [5.41, 5.74) is 0.625. The highest BCUT2D eigenvalue weighted by Crippen LogP contribution is 2.23. The lowest BCUT2D eigenvalue weighted by molar-refractivity contribution is -0.152. The van der Waals surface area contributed by atoms with E-state index in [9.17, 15) is 18.0 Å². The Labute approximate surface area is 172 Å². The molecule has 1 atom stereocenters. The third kappa shape index (κ3) is 5.41. The van der Waals surface area contributed by atoms with E-state index in [0.29, 0.717) is 5.69 Å². The van der Waals surface area contributed by atoms with Crippen LogP contribution in [0.3, 0.4) is 0 Å². The van der Waals surface area contributed by atoms with Crippen molar-refractivity contribution in [2.24, 2.45) is 0 Å². The Kier molecular flexibility index (Phi) is 6.63. The van der Waals surface area contributed by atoms with E-state index in [2.05, 4.69) is 10.0 Å². The number of esters is 1. The van der Waals surface area contributed by atoms with Crippen LogP contribution in [0.1, 0.15) is 13.3 Å². The summed E-state index contributed by atoms with van der Waals surface area (Å²) in [5, 5.41) is 6.27. The maximum absolute atomic E-state index is 12.4. The number of carbonyl (C=O) groups is 2. The molecule has 152 valence electrons. The van der Waals surface area contributed by atoms with Crippen molar-refractivity contribution in [2.75, 3.05) is 11.9 Å². The molecule has 0 radical (unpaired) electrons. The first kappa shape index (κ1) is 21.0. The lowest BCUT2D eigenvalue weighted by Crippen LogP contribution is -2.32. The molecule has 0 aliphatic carbocycles. The third-order valence-corrected chi connectivity index (χ3v) is 6.96. The zero-order chi connectivity index (χ0) is 20.9. The standard InChI is InChI=1S/C20H20N2O5S2/c1-14(20(24)22-17-9-4-7-15-6-2-3-8-16(15)17)27-18(23)11-12-21-29(25,26)19-10-5-13-28-19/h2-10,13-14,21H,11-12H2,1H3,(H,22,24). The lowest BCUT2D eigenvalue weighted by atomic mass is 10.1. The SMILES string of the molecule is CC(OC(=O)CCNS(=O)(=O)c1cccs1)C(=O)Nc1cccc2ccccc12. The number of ether oxygens (including phenoxy) is 1. The van der Waals surface area contributed by atoms with Crippen LogP contribution >= 0.6 is 11.3 Å². The zero-order valence-electron chi connectivity index (χ0n) is 15.6. The van der Waals surface area contributed by atoms with Gasteiger partial charge in [0, 0.05) is 17.6 Å². The normalized spacial score (nSPS) is 12.4. The molecule has 0 aliphatic rings. The summed E-state index contributed by atoms with van der Waals surface area (Å²) in [6.07, 6.45) is -1.20. The number of hydrogen-bond acceptors (Lipinski definition) is 6. The van der Waals surface area contributed by atoms with Gasteiger partial charge in [-0.1, -0.05) is 42.5 Å². The Morgan fingerprint density at radius 1 is 1.07 bits per heavy atom. The molecule has 9 heteroatoms. The molecule has 1 aromatic heterocycles. The van der Waals surface area contributed by atoms with Gasteiger partial charge in [-0.15, -0.1) is 11.3 Å². The Morgan fingerprint density at radius 2 is 1.83 bits per heavy atom. The molecule has 1 unspecified atom stereocenters. The highest BCUT2D eigenvalue weighted by atomic mass is 32.2. The third-order valence-electron chi connectivity index (χ3n) is 4.11. The number of carbonyl (C=O) groups excluding carboxylic acids is 2. The number of fused-ring (bicyclic) bond motifs is 1. The van der Waals surface area contributed by atoms with Gasteiger partial charge in [0.1, 0.15) is 4.21 Å². The Hall–Kier alpha value is -2.75. The molecule has 1 heterocycles. The van der Waals surface area contributed by atoms with Crippen LogP contribution in [0.2, 0.25) is 0 Å². The summed E-state index contributed by atoms with van der Waals surface area (Å²) >= 11 is 1.09. The van der Waals surface area contributed by atoms with Crippen LogP contribution < -0.4 is 10.0 Å². The highest BCUT2D eigenvalue weighted by Gasteiger charge is 2.20. The second kappa shape index (κ2) is 9.17. The maximum Gasteiger partial charge on any atom is 0.307 e. The van der Waals surface area contributed by atoms with Crippen molar-refractivity contribution in [1.29, 1.82) is 0 Å². The molecule has 29 heavy (non-hydrogen) atoms. The van der Waals surface area contributed by atoms with E-state index in [1.807, 2.05) is 36.4 Å². The first-order valence-corrected chi connectivity index (χ1v) is 11.2. The van der Waals surface area contributed by atoms with Gasteiger partial charge in [-0.25, -0.2) is 13.1 Å². The van der Waals surface area contributed by atoms with Gasteiger partial charge in [0.2, 0.25) is 10.0 Å². The number of benzene rings is 2. The minimum absolute atomic E-state index is 0.114. The molecule has 2 aromatic carbocycles. The van der Waals surface area contributed by atoms with Crippen LogP contribution in [0, 0.1) is 0 Å². The Balaban J connectivity index is 1.51. The molecule has 3 aromatic rings. The fourth-order valence-electron chi connectivity index (χ4n) is 2.65. The van der Waals surface area contributed by atoms with Gasteiger partial charge in [0.05, 0.1) is 6.42 Å². The zero-order valence-corrected chi connectivity index (χ0v) is 17.3. The predicted octanol–water partition coefficient (Wildman–Crippen LogP) is 3.14. The predicted molar refractivity (Wildman–Crippen MR) is 112 cm³/mol. The molecule has 0 spiro atoms. The van der Waals surface area contributed by atoms with Crippen molar-refractivity contribution in [3.05, 3.63) is 60.0 Å². The van der Waals surface area contributed by atoms with E-state index in [4.69, 9.17) is 4.74 Å². The first-order valence-electron chi connectivity index (χ1n) is 8.88. The quantitative estimate of drug-likeness (QED) is 0.533. The summed E-state index contributed by atoms with van der Waals surface area (Å²) in [4.78, 5) is 24.3. The number of rotatable bonds is 8. The monoisotopic (exact) mass is 432 g/mol. The molecule has 0 saturated heterocycles. The van der Waals surface area contributed by atoms with Crippen molar-refractivity contribution >= 4 is 49.7 Å². The van der Waals surface area contributed by atoms with Crippen LogP contribution in [0.5, 0.6) is 0 Å². The van der Waals surface area contributed by atoms with Gasteiger partial charge >= 0.3 is 5.97 Å². The van der Waals surface area contributed by atoms with E-state index in [1.165, 1.54) is 13.0 Å². The molecule has 0 bridgehead atoms. The number of sulfonamides is 1. The van der Waals surface area contributed by atoms with Crippen molar-refractivity contribution in [2.45, 2.75) is 23.7 Å². The van der Waals surface area contributed by atoms with Gasteiger partial charge in [-0.3, -0.25) is 9.59 Å². The van der Waals surface area contributed by atoms with E-state index in [1.54, 1.807) is 17.5 Å². The van der Waals surface area contributed by atoms with E-state index >= 15 is 0 Å². The summed E-state index contributed by atoms with van der Waals surface area (Å²) in [5.74, 6) is -1.13. The van der Waals surface area contributed by atoms with Gasteiger partial charge in [-0.05, 0) is 29.8 Å². The second-order valence-corrected chi connectivity index (χ2v) is 9.17. The van der Waals surface area contributed by atoms with E-state index < -0.39 is 28.0 Å². The highest BCUT2D eigenvalue weighted by molar-refractivity contribution is 7.91. The van der Waals surface area contributed by atoms with Crippen LogP contribution in [-0.2, 0) is 24.3 Å². The lowest BCUT2D eigenvalue weighted by Gasteiger charge is -2.15. The van der Waals surface area contributed by atoms with Crippen LogP contribution in [0.25, 0.3) is 10.8 Å². The van der Waals surface area contributed by atoms with Crippen molar-refractivity contribution < 1.29 is 22.7 Å². The van der Waals surface area contributed by atoms with Gasteiger partial charge in [-0.2, -0.15) is 0 Å².